The van der Waals surface area contributed by atoms with Crippen LogP contribution in [-0.2, 0) is 30.6 Å². The van der Waals surface area contributed by atoms with E-state index in [0.717, 1.165) is 5.56 Å². The topological polar surface area (TPSA) is 118 Å². The molecule has 1 aromatic carbocycles. The average Bonchev–Trinajstić information content (AvgIpc) is 2.51. The van der Waals surface area contributed by atoms with Crippen LogP contribution in [0.25, 0.3) is 0 Å². The molecule has 2 atom stereocenters. The molecule has 1 aromatic rings. The van der Waals surface area contributed by atoms with Gasteiger partial charge in [0.2, 0.25) is 5.91 Å². The maximum Gasteiger partial charge on any atom is 0.312 e. The van der Waals surface area contributed by atoms with Gasteiger partial charge in [0, 0.05) is 5.69 Å². The highest BCUT2D eigenvalue weighted by Gasteiger charge is 2.34. The summed E-state index contributed by atoms with van der Waals surface area (Å²) in [5.74, 6) is -2.27. The van der Waals surface area contributed by atoms with Crippen LogP contribution in [0.1, 0.15) is 39.2 Å². The molecule has 148 valence electrons. The Hall–Kier alpha value is -2.48. The van der Waals surface area contributed by atoms with Crippen molar-refractivity contribution in [2.75, 3.05) is 5.32 Å². The molecule has 0 bridgehead atoms. The first kappa shape index (κ1) is 22.6. The quantitative estimate of drug-likeness (QED) is 0.464. The summed E-state index contributed by atoms with van der Waals surface area (Å²) in [5, 5.41) is 9.14. The minimum absolute atomic E-state index is 0.316. The number of nitrogens with one attached hydrogen (secondary N) is 1. The molecule has 27 heavy (non-hydrogen) atoms. The number of ketones is 1. The fourth-order valence-corrected chi connectivity index (χ4v) is 4.66. The van der Waals surface area contributed by atoms with Crippen molar-refractivity contribution in [2.24, 2.45) is 0 Å². The van der Waals surface area contributed by atoms with Crippen LogP contribution in [0.4, 0.5) is 5.69 Å². The first-order valence-electron chi connectivity index (χ1n) is 8.44. The molecule has 0 saturated carbocycles. The highest BCUT2D eigenvalue weighted by atomic mass is 32.2. The van der Waals surface area contributed by atoms with Crippen molar-refractivity contribution in [3.63, 3.8) is 0 Å². The normalized spacial score (nSPS) is 13.4. The molecule has 0 heterocycles. The van der Waals surface area contributed by atoms with E-state index in [1.807, 2.05) is 0 Å². The van der Waals surface area contributed by atoms with Gasteiger partial charge in [0.05, 0.1) is 5.25 Å². The molecule has 0 aliphatic rings. The number of rotatable bonds is 10. The molecule has 0 aliphatic carbocycles. The monoisotopic (exact) mass is 395 g/mol. The molecular formula is C19H25NO6S. The molecule has 8 heteroatoms. The predicted octanol–water partition coefficient (Wildman–Crippen LogP) is 2.37. The number of Topliss-reactive ketones (excluding diaryl/α,β-unsaturated/α-hetero) is 1. The number of benzene rings is 1. The molecule has 0 saturated heterocycles. The lowest BCUT2D eigenvalue weighted by Gasteiger charge is -2.20. The number of sulfone groups is 1. The van der Waals surface area contributed by atoms with Gasteiger partial charge in [-0.3, -0.25) is 14.4 Å². The van der Waals surface area contributed by atoms with Crippen molar-refractivity contribution >= 4 is 33.2 Å². The number of carbonyl (C=O) groups excluding carboxylic acids is 2. The largest absolute Gasteiger partial charge is 0.481 e. The number of carboxylic acids is 1. The van der Waals surface area contributed by atoms with Crippen LogP contribution in [-0.4, -0.2) is 41.7 Å². The molecule has 0 aromatic heterocycles. The van der Waals surface area contributed by atoms with E-state index in [9.17, 15) is 22.8 Å². The summed E-state index contributed by atoms with van der Waals surface area (Å²) in [6.07, 6.45) is 0.200. The van der Waals surface area contributed by atoms with E-state index >= 15 is 0 Å². The average molecular weight is 395 g/mol. The van der Waals surface area contributed by atoms with Crippen molar-refractivity contribution in [3.8, 4) is 0 Å². The first-order chi connectivity index (χ1) is 12.4. The maximum atomic E-state index is 12.6. The van der Waals surface area contributed by atoms with Gasteiger partial charge in [-0.2, -0.15) is 0 Å². The molecule has 0 spiro atoms. The molecule has 0 aliphatic heterocycles. The molecule has 1 amide bonds. The van der Waals surface area contributed by atoms with E-state index < -0.39 is 44.4 Å². The highest BCUT2D eigenvalue weighted by molar-refractivity contribution is 7.93. The van der Waals surface area contributed by atoms with Crippen LogP contribution in [0.3, 0.4) is 0 Å². The summed E-state index contributed by atoms with van der Waals surface area (Å²) < 4.78 is 25.2. The lowest BCUT2D eigenvalue weighted by Crippen LogP contribution is -2.36. The van der Waals surface area contributed by atoms with Gasteiger partial charge in [-0.25, -0.2) is 8.42 Å². The lowest BCUT2D eigenvalue weighted by molar-refractivity contribution is -0.139. The van der Waals surface area contributed by atoms with E-state index in [2.05, 4.69) is 11.9 Å². The van der Waals surface area contributed by atoms with E-state index in [-0.39, 0.29) is 0 Å². The van der Waals surface area contributed by atoms with Crippen molar-refractivity contribution in [2.45, 2.75) is 50.5 Å². The Morgan fingerprint density at radius 2 is 1.70 bits per heavy atom. The van der Waals surface area contributed by atoms with Crippen LogP contribution in [0.2, 0.25) is 0 Å². The van der Waals surface area contributed by atoms with Gasteiger partial charge < -0.3 is 10.4 Å². The Bertz CT molecular complexity index is 812. The third-order valence-electron chi connectivity index (χ3n) is 4.10. The Morgan fingerprint density at radius 1 is 1.15 bits per heavy atom. The number of amides is 1. The van der Waals surface area contributed by atoms with Gasteiger partial charge in [-0.05, 0) is 51.3 Å². The number of hydrogen-bond acceptors (Lipinski definition) is 5. The molecule has 2 unspecified atom stereocenters. The number of aryl methyl sites for hydroxylation is 1. The van der Waals surface area contributed by atoms with E-state index in [1.54, 1.807) is 31.2 Å². The number of hydrogen-bond donors (Lipinski definition) is 2. The number of anilines is 1. The van der Waals surface area contributed by atoms with Crippen LogP contribution in [0.15, 0.2) is 36.4 Å². The zero-order valence-electron chi connectivity index (χ0n) is 15.7. The van der Waals surface area contributed by atoms with Crippen LogP contribution in [0, 0.1) is 0 Å². The summed E-state index contributed by atoms with van der Waals surface area (Å²) in [4.78, 5) is 33.6. The number of carboxylic acid groups (broad SMARTS) is 1. The Kier molecular flexibility index (Phi) is 7.90. The summed E-state index contributed by atoms with van der Waals surface area (Å²) in [5.41, 5.74) is 1.64. The summed E-state index contributed by atoms with van der Waals surface area (Å²) in [6, 6.07) is 6.72. The highest BCUT2D eigenvalue weighted by Crippen LogP contribution is 2.21. The van der Waals surface area contributed by atoms with Gasteiger partial charge in [0.25, 0.3) is 0 Å². The standard InChI is InChI=1S/C19H25NO6S/c1-12(2)19(14(4)21)27(25,26)13(3)5-6-15-7-9-16(10-8-15)20-17(22)11-18(23)24/h7-10,13,19H,1,5-6,11H2,2-4H3,(H,20,22)(H,23,24). The molecule has 1 rings (SSSR count). The molecule has 0 fully saturated rings. The SMILES string of the molecule is C=C(C)C(C(C)=O)S(=O)(=O)C(C)CCc1ccc(NC(=O)CC(=O)O)cc1. The first-order valence-corrected chi connectivity index (χ1v) is 10.0. The van der Waals surface area contributed by atoms with Crippen LogP contribution < -0.4 is 5.32 Å². The van der Waals surface area contributed by atoms with Gasteiger partial charge in [0.15, 0.2) is 15.6 Å². The van der Waals surface area contributed by atoms with E-state index in [0.29, 0.717) is 24.1 Å². The summed E-state index contributed by atoms with van der Waals surface area (Å²) in [6.45, 7) is 7.99. The smallest absolute Gasteiger partial charge is 0.312 e. The van der Waals surface area contributed by atoms with E-state index in [4.69, 9.17) is 5.11 Å². The fraction of sp³-hybridized carbons (Fsp3) is 0.421. The van der Waals surface area contributed by atoms with Gasteiger partial charge in [-0.15, -0.1) is 0 Å². The second-order valence-electron chi connectivity index (χ2n) is 6.59. The summed E-state index contributed by atoms with van der Waals surface area (Å²) >= 11 is 0. The fourth-order valence-electron chi connectivity index (χ4n) is 2.72. The van der Waals surface area contributed by atoms with Gasteiger partial charge in [0.1, 0.15) is 11.7 Å². The zero-order valence-corrected chi connectivity index (χ0v) is 16.5. The second kappa shape index (κ2) is 9.45. The zero-order chi connectivity index (χ0) is 20.8. The van der Waals surface area contributed by atoms with Gasteiger partial charge in [-0.1, -0.05) is 24.3 Å². The molecular weight excluding hydrogens is 370 g/mol. The van der Waals surface area contributed by atoms with Crippen molar-refractivity contribution < 1.29 is 27.9 Å². The third-order valence-corrected chi connectivity index (χ3v) is 6.84. The lowest BCUT2D eigenvalue weighted by atomic mass is 10.1. The molecule has 7 nitrogen and oxygen atoms in total. The third kappa shape index (κ3) is 6.63. The van der Waals surface area contributed by atoms with Gasteiger partial charge >= 0.3 is 5.97 Å². The second-order valence-corrected chi connectivity index (χ2v) is 9.05. The van der Waals surface area contributed by atoms with Crippen LogP contribution in [0.5, 0.6) is 0 Å². The molecule has 0 radical (unpaired) electrons. The van der Waals surface area contributed by atoms with Crippen molar-refractivity contribution in [3.05, 3.63) is 42.0 Å². The molecule has 2 N–H and O–H groups in total. The number of carbonyl (C=O) groups is 3. The Balaban J connectivity index is 2.72. The Labute approximate surface area is 159 Å². The van der Waals surface area contributed by atoms with Crippen molar-refractivity contribution in [1.29, 1.82) is 0 Å². The Morgan fingerprint density at radius 3 is 2.15 bits per heavy atom. The maximum absolute atomic E-state index is 12.6. The van der Waals surface area contributed by atoms with Crippen LogP contribution >= 0.6 is 0 Å². The van der Waals surface area contributed by atoms with Crippen molar-refractivity contribution in [1.82, 2.24) is 0 Å². The predicted molar refractivity (Wildman–Crippen MR) is 103 cm³/mol. The minimum Gasteiger partial charge on any atom is -0.481 e. The number of aliphatic carboxylic acids is 1. The minimum atomic E-state index is -3.67. The summed E-state index contributed by atoms with van der Waals surface area (Å²) in [7, 11) is -3.67. The van der Waals surface area contributed by atoms with E-state index in [1.165, 1.54) is 13.8 Å².